The summed E-state index contributed by atoms with van der Waals surface area (Å²) in [5.41, 5.74) is 2.23. The zero-order chi connectivity index (χ0) is 22.3. The molecule has 0 bridgehead atoms. The van der Waals surface area contributed by atoms with E-state index >= 15 is 0 Å². The van der Waals surface area contributed by atoms with E-state index in [1.165, 1.54) is 12.1 Å². The Bertz CT molecular complexity index is 1120. The Morgan fingerprint density at radius 3 is 2.62 bits per heavy atom. The van der Waals surface area contributed by atoms with E-state index in [9.17, 15) is 9.50 Å². The fourth-order valence-electron chi connectivity index (χ4n) is 2.90. The number of benzene rings is 2. The topological polar surface area (TPSA) is 75.4 Å². The Balaban J connectivity index is 1.28. The van der Waals surface area contributed by atoms with E-state index in [-0.39, 0.29) is 12.4 Å². The van der Waals surface area contributed by atoms with Crippen LogP contribution in [0.3, 0.4) is 0 Å². The van der Waals surface area contributed by atoms with Crippen LogP contribution in [0.1, 0.15) is 23.7 Å². The molecule has 32 heavy (non-hydrogen) atoms. The number of aliphatic hydroxyl groups excluding tert-OH is 1. The van der Waals surface area contributed by atoms with Crippen molar-refractivity contribution in [2.75, 3.05) is 18.2 Å². The molecule has 0 saturated carbocycles. The summed E-state index contributed by atoms with van der Waals surface area (Å²) < 4.78 is 12.9. The third kappa shape index (κ3) is 5.85. The summed E-state index contributed by atoms with van der Waals surface area (Å²) in [4.78, 5) is 12.1. The molecule has 0 spiro atoms. The first-order chi connectivity index (χ1) is 15.5. The van der Waals surface area contributed by atoms with Gasteiger partial charge in [-0.3, -0.25) is 5.01 Å². The van der Waals surface area contributed by atoms with Crippen molar-refractivity contribution >= 4 is 6.34 Å². The maximum atomic E-state index is 12.9. The summed E-state index contributed by atoms with van der Waals surface area (Å²) in [7, 11) is 0. The molecule has 1 aromatic heterocycles. The van der Waals surface area contributed by atoms with Gasteiger partial charge >= 0.3 is 0 Å². The number of nitrogens with zero attached hydrogens (tertiary/aromatic N) is 5. The van der Waals surface area contributed by atoms with Gasteiger partial charge in [-0.15, -0.1) is 5.10 Å². The van der Waals surface area contributed by atoms with Crippen LogP contribution in [-0.2, 0) is 11.5 Å². The van der Waals surface area contributed by atoms with Crippen molar-refractivity contribution in [2.45, 2.75) is 19.6 Å². The second kappa shape index (κ2) is 9.96. The van der Waals surface area contributed by atoms with Gasteiger partial charge in [0, 0.05) is 5.56 Å². The highest BCUT2D eigenvalue weighted by Gasteiger charge is 2.17. The number of rotatable bonds is 7. The Labute approximate surface area is 185 Å². The molecule has 3 aromatic rings. The molecule has 8 nitrogen and oxygen atoms in total. The van der Waals surface area contributed by atoms with E-state index in [0.29, 0.717) is 24.7 Å². The van der Waals surface area contributed by atoms with Crippen LogP contribution in [0.15, 0.2) is 65.9 Å². The van der Waals surface area contributed by atoms with Crippen molar-refractivity contribution < 1.29 is 19.3 Å². The summed E-state index contributed by atoms with van der Waals surface area (Å²) in [6.07, 6.45) is 3.00. The average molecular weight is 435 g/mol. The number of hydrazone groups is 1. The quantitative estimate of drug-likeness (QED) is 0.349. The summed E-state index contributed by atoms with van der Waals surface area (Å²) in [6.45, 7) is 2.89. The third-order valence-corrected chi connectivity index (χ3v) is 4.45. The average Bonchev–Trinajstić information content (AvgIpc) is 3.44. The molecular weight excluding hydrogens is 413 g/mol. The van der Waals surface area contributed by atoms with E-state index in [4.69, 9.17) is 9.78 Å². The van der Waals surface area contributed by atoms with Gasteiger partial charge in [0.2, 0.25) is 0 Å². The molecule has 2 aromatic carbocycles. The summed E-state index contributed by atoms with van der Waals surface area (Å²) in [6, 6.07) is 15.0. The second-order valence-electron chi connectivity index (χ2n) is 7.22. The van der Waals surface area contributed by atoms with Gasteiger partial charge in [-0.25, -0.2) is 9.40 Å². The van der Waals surface area contributed by atoms with Gasteiger partial charge in [-0.2, -0.15) is 14.8 Å². The van der Waals surface area contributed by atoms with Crippen molar-refractivity contribution in [2.24, 2.45) is 5.10 Å². The zero-order valence-corrected chi connectivity index (χ0v) is 17.4. The first-order valence-corrected chi connectivity index (χ1v) is 10.0. The molecule has 2 heterocycles. The largest absolute Gasteiger partial charge is 0.392 e. The standard InChI is InChI=1S/C23H22FN5O3/c1-18(30)14-27-17-28(16-25-27)29-13-12-22(26-29)9-4-19-5-10-23(11-6-19)32-31-15-20-2-7-21(24)8-3-20/h2-3,5-8,10-13,16,18,30H,14-15,17H2,1H3. The summed E-state index contributed by atoms with van der Waals surface area (Å²) in [5.74, 6) is 6.34. The lowest BCUT2D eigenvalue weighted by Crippen LogP contribution is -2.37. The number of hydrogen-bond donors (Lipinski definition) is 1. The van der Waals surface area contributed by atoms with Crippen molar-refractivity contribution in [3.63, 3.8) is 0 Å². The molecule has 4 rings (SSSR count). The molecule has 164 valence electrons. The van der Waals surface area contributed by atoms with Gasteiger partial charge in [0.15, 0.2) is 5.75 Å². The van der Waals surface area contributed by atoms with Crippen LogP contribution in [0.4, 0.5) is 4.39 Å². The minimum absolute atomic E-state index is 0.211. The van der Waals surface area contributed by atoms with E-state index < -0.39 is 6.10 Å². The highest BCUT2D eigenvalue weighted by atomic mass is 19.1. The van der Waals surface area contributed by atoms with Gasteiger partial charge in [0.25, 0.3) is 0 Å². The summed E-state index contributed by atoms with van der Waals surface area (Å²) in [5, 5.41) is 21.7. The maximum Gasteiger partial charge on any atom is 0.165 e. The SMILES string of the molecule is CC(O)CN1CN(n2ccc(C#Cc3ccc(OOCc4ccc(F)cc4)cc3)n2)C=N1. The van der Waals surface area contributed by atoms with E-state index in [1.807, 2.05) is 23.2 Å². The smallest absolute Gasteiger partial charge is 0.165 e. The lowest BCUT2D eigenvalue weighted by molar-refractivity contribution is -0.217. The number of halogens is 1. The number of β-amino-alcohol motifs (C(OH)–C–C–N with tert-alkyl or cyclic N) is 1. The van der Waals surface area contributed by atoms with Gasteiger partial charge in [0.05, 0.1) is 18.8 Å². The van der Waals surface area contributed by atoms with Crippen LogP contribution in [0.5, 0.6) is 5.75 Å². The minimum atomic E-state index is -0.454. The van der Waals surface area contributed by atoms with Crippen LogP contribution < -0.4 is 9.90 Å². The maximum absolute atomic E-state index is 12.9. The molecule has 1 aliphatic rings. The van der Waals surface area contributed by atoms with Crippen molar-refractivity contribution in [1.82, 2.24) is 14.9 Å². The molecule has 1 N–H and O–H groups in total. The predicted octanol–water partition coefficient (Wildman–Crippen LogP) is 2.47. The minimum Gasteiger partial charge on any atom is -0.392 e. The van der Waals surface area contributed by atoms with Gasteiger partial charge in [-0.1, -0.05) is 18.1 Å². The monoisotopic (exact) mass is 435 g/mol. The Morgan fingerprint density at radius 2 is 1.88 bits per heavy atom. The first-order valence-electron chi connectivity index (χ1n) is 10.0. The molecule has 1 aliphatic heterocycles. The molecular formula is C23H22FN5O3. The fourth-order valence-corrected chi connectivity index (χ4v) is 2.90. The Morgan fingerprint density at radius 1 is 1.09 bits per heavy atom. The van der Waals surface area contributed by atoms with E-state index in [0.717, 1.165) is 11.1 Å². The molecule has 0 amide bonds. The van der Waals surface area contributed by atoms with Gasteiger partial charge < -0.3 is 9.99 Å². The van der Waals surface area contributed by atoms with Crippen LogP contribution >= 0.6 is 0 Å². The number of aliphatic hydroxyl groups is 1. The fraction of sp³-hybridized carbons (Fsp3) is 0.217. The third-order valence-electron chi connectivity index (χ3n) is 4.45. The molecule has 1 atom stereocenters. The molecule has 0 radical (unpaired) electrons. The second-order valence-corrected chi connectivity index (χ2v) is 7.22. The van der Waals surface area contributed by atoms with Crippen LogP contribution in [-0.4, -0.2) is 45.7 Å². The van der Waals surface area contributed by atoms with Crippen LogP contribution in [0.2, 0.25) is 0 Å². The molecule has 9 heteroatoms. The van der Waals surface area contributed by atoms with Gasteiger partial charge in [-0.05, 0) is 60.9 Å². The lowest BCUT2D eigenvalue weighted by atomic mass is 10.2. The number of aromatic nitrogens is 2. The molecule has 0 fully saturated rings. The molecule has 0 aliphatic carbocycles. The predicted molar refractivity (Wildman–Crippen MR) is 116 cm³/mol. The normalized spacial score (nSPS) is 13.7. The van der Waals surface area contributed by atoms with Crippen molar-refractivity contribution in [3.8, 4) is 17.6 Å². The van der Waals surface area contributed by atoms with E-state index in [1.54, 1.807) is 53.5 Å². The first kappa shape index (κ1) is 21.4. The van der Waals surface area contributed by atoms with Gasteiger partial charge in [0.1, 0.15) is 31.1 Å². The molecule has 1 unspecified atom stereocenters. The van der Waals surface area contributed by atoms with Crippen LogP contribution in [0, 0.1) is 17.7 Å². The van der Waals surface area contributed by atoms with Crippen LogP contribution in [0.25, 0.3) is 0 Å². The summed E-state index contributed by atoms with van der Waals surface area (Å²) >= 11 is 0. The lowest BCUT2D eigenvalue weighted by Gasteiger charge is -2.19. The Kier molecular flexibility index (Phi) is 6.65. The van der Waals surface area contributed by atoms with Crippen molar-refractivity contribution in [3.05, 3.63) is 83.4 Å². The Hall–Kier alpha value is -3.87. The van der Waals surface area contributed by atoms with E-state index in [2.05, 4.69) is 22.0 Å². The number of hydrogen-bond acceptors (Lipinski definition) is 7. The van der Waals surface area contributed by atoms with Crippen molar-refractivity contribution in [1.29, 1.82) is 0 Å². The highest BCUT2D eigenvalue weighted by Crippen LogP contribution is 2.13. The molecule has 0 saturated heterocycles. The zero-order valence-electron chi connectivity index (χ0n) is 17.4. The highest BCUT2D eigenvalue weighted by molar-refractivity contribution is 5.68.